The molecule has 11 aromatic rings. The number of para-hydroxylation sites is 3. The lowest BCUT2D eigenvalue weighted by atomic mass is 9.84. The molecule has 2 aliphatic rings. The molecule has 9 aromatic carbocycles. The van der Waals surface area contributed by atoms with Crippen LogP contribution in [0.4, 0.5) is 22.7 Å². The first-order chi connectivity index (χ1) is 37.0. The molecule has 0 N–H and O–H groups in total. The molecule has 0 radical (unpaired) electrons. The summed E-state index contributed by atoms with van der Waals surface area (Å²) < 4.78 is 9.55. The zero-order chi connectivity index (χ0) is 53.0. The van der Waals surface area contributed by atoms with Gasteiger partial charge in [-0.3, -0.25) is 4.57 Å². The van der Waals surface area contributed by atoms with Gasteiger partial charge in [-0.25, -0.2) is 4.98 Å². The molecule has 0 saturated carbocycles. The Morgan fingerprint density at radius 2 is 1.00 bits per heavy atom. The van der Waals surface area contributed by atoms with Crippen molar-refractivity contribution >= 4 is 44.6 Å². The van der Waals surface area contributed by atoms with Crippen molar-refractivity contribution in [1.82, 2.24) is 9.55 Å². The van der Waals surface area contributed by atoms with Gasteiger partial charge in [-0.1, -0.05) is 196 Å². The standard InChI is InChI=1S/C72H64N4O/c1-70(2,3)51-25-18-23-49(37-51)58-28-19-29-61-59-27-14-13-26-57(59)48-22-17-24-50(36-48)63-41-53(72(7,8)9)42-68(73-63)76-64-35-32-47(46-20-11-10-12-21-46)38-62(64)60-34-33-55(44-67(60)76)77-56-40-52(71(4,5)6)39-54(43-56)74-45-75(69(58)61)66-31-16-15-30-65(66)74/h10-44H,45H2,1-9H3. The van der Waals surface area contributed by atoms with Crippen LogP contribution < -0.4 is 14.5 Å². The van der Waals surface area contributed by atoms with Gasteiger partial charge in [-0.2, -0.15) is 0 Å². The largest absolute Gasteiger partial charge is 0.457 e. The summed E-state index contributed by atoms with van der Waals surface area (Å²) in [6.45, 7) is 21.2. The number of anilines is 4. The number of benzene rings is 9. The topological polar surface area (TPSA) is 33.5 Å². The van der Waals surface area contributed by atoms with Crippen LogP contribution in [0.15, 0.2) is 212 Å². The third kappa shape index (κ3) is 8.55. The molecule has 5 heteroatoms. The van der Waals surface area contributed by atoms with Crippen LogP contribution in [0, 0.1) is 0 Å². The summed E-state index contributed by atoms with van der Waals surface area (Å²) in [6, 6.07) is 78.4. The van der Waals surface area contributed by atoms with Gasteiger partial charge in [0.25, 0.3) is 0 Å². The van der Waals surface area contributed by atoms with E-state index in [9.17, 15) is 0 Å². The molecule has 0 aliphatic carbocycles. The Balaban J connectivity index is 1.11. The summed E-state index contributed by atoms with van der Waals surface area (Å²) >= 11 is 0. The lowest BCUT2D eigenvalue weighted by molar-refractivity contribution is 0.479. The highest BCUT2D eigenvalue weighted by Gasteiger charge is 2.33. The van der Waals surface area contributed by atoms with Gasteiger partial charge >= 0.3 is 0 Å². The minimum atomic E-state index is -0.177. The number of fused-ring (bicyclic) bond motifs is 23. The molecule has 4 heterocycles. The Kier molecular flexibility index (Phi) is 11.2. The normalized spacial score (nSPS) is 13.3. The number of hydrogen-bond donors (Lipinski definition) is 0. The van der Waals surface area contributed by atoms with Crippen molar-refractivity contribution in [2.45, 2.75) is 78.6 Å². The van der Waals surface area contributed by atoms with Gasteiger partial charge in [0.15, 0.2) is 0 Å². The summed E-state index contributed by atoms with van der Waals surface area (Å²) in [5.74, 6) is 2.40. The SMILES string of the molecule is CC(C)(C)c1cccc(-c2cccc3c2N2CN(c4cc(cc(C(C)(C)C)c4)Oc4ccc5c6cc(-c7ccccc7)ccc6n(c5c4)-c4cc(C(C)(C)C)cc(n4)-c4cccc(c4)-c4ccccc4-3)c3ccccc32)c1. The maximum Gasteiger partial charge on any atom is 0.138 e. The van der Waals surface area contributed by atoms with Crippen molar-refractivity contribution in [2.75, 3.05) is 16.5 Å². The smallest absolute Gasteiger partial charge is 0.138 e. The van der Waals surface area contributed by atoms with Crippen LogP contribution >= 0.6 is 0 Å². The predicted octanol–water partition coefficient (Wildman–Crippen LogP) is 19.8. The number of aromatic nitrogens is 2. The second kappa shape index (κ2) is 18.0. The Labute approximate surface area is 453 Å². The Bertz CT molecular complexity index is 4120. The Morgan fingerprint density at radius 3 is 1.77 bits per heavy atom. The van der Waals surface area contributed by atoms with Gasteiger partial charge < -0.3 is 14.5 Å². The number of pyridine rings is 1. The van der Waals surface area contributed by atoms with Crippen molar-refractivity contribution in [1.29, 1.82) is 0 Å². The van der Waals surface area contributed by atoms with E-state index in [1.807, 2.05) is 0 Å². The van der Waals surface area contributed by atoms with E-state index in [0.29, 0.717) is 6.67 Å². The van der Waals surface area contributed by atoms with Gasteiger partial charge in [0.1, 0.15) is 24.0 Å². The second-order valence-electron chi connectivity index (χ2n) is 24.2. The van der Waals surface area contributed by atoms with E-state index in [4.69, 9.17) is 9.72 Å². The molecule has 2 aliphatic heterocycles. The molecule has 13 rings (SSSR count). The van der Waals surface area contributed by atoms with E-state index in [-0.39, 0.29) is 16.2 Å². The number of nitrogens with zero attached hydrogens (tertiary/aromatic N) is 4. The molecule has 2 aromatic heterocycles. The Morgan fingerprint density at radius 1 is 0.377 bits per heavy atom. The van der Waals surface area contributed by atoms with Crippen LogP contribution in [0.5, 0.6) is 11.5 Å². The van der Waals surface area contributed by atoms with E-state index >= 15 is 0 Å². The average Bonchev–Trinajstić information content (AvgIpc) is 4.10. The lowest BCUT2D eigenvalue weighted by Gasteiger charge is -2.29. The van der Waals surface area contributed by atoms with Crippen molar-refractivity contribution in [3.63, 3.8) is 0 Å². The Hall–Kier alpha value is -8.67. The summed E-state index contributed by atoms with van der Waals surface area (Å²) in [5.41, 5.74) is 21.2. The molecular weight excluding hydrogens is 937 g/mol. The fourth-order valence-electron chi connectivity index (χ4n) is 11.6. The molecule has 0 atom stereocenters. The van der Waals surface area contributed by atoms with Crippen molar-refractivity contribution in [2.24, 2.45) is 0 Å². The highest BCUT2D eigenvalue weighted by atomic mass is 16.5. The minimum absolute atomic E-state index is 0.0300. The van der Waals surface area contributed by atoms with Crippen LogP contribution in [0.2, 0.25) is 0 Å². The van der Waals surface area contributed by atoms with Crippen molar-refractivity contribution < 1.29 is 4.74 Å². The van der Waals surface area contributed by atoms with E-state index in [0.717, 1.165) is 95.4 Å². The van der Waals surface area contributed by atoms with Gasteiger partial charge in [-0.15, -0.1) is 0 Å². The quantitative estimate of drug-likeness (QED) is 0.173. The fourth-order valence-corrected chi connectivity index (χ4v) is 11.6. The van der Waals surface area contributed by atoms with Gasteiger partial charge in [0.05, 0.1) is 33.8 Å². The average molecular weight is 1000 g/mol. The first kappa shape index (κ1) is 48.0. The van der Waals surface area contributed by atoms with Crippen LogP contribution in [0.25, 0.3) is 83.4 Å². The molecule has 5 nitrogen and oxygen atoms in total. The number of rotatable bonds is 2. The molecular formula is C72H64N4O. The summed E-state index contributed by atoms with van der Waals surface area (Å²) in [4.78, 5) is 10.7. The molecule has 0 amide bonds. The van der Waals surface area contributed by atoms with E-state index < -0.39 is 0 Å². The van der Waals surface area contributed by atoms with E-state index in [1.54, 1.807) is 0 Å². The maximum absolute atomic E-state index is 7.20. The molecule has 10 bridgehead atoms. The van der Waals surface area contributed by atoms with Crippen LogP contribution in [-0.4, -0.2) is 16.2 Å². The number of ether oxygens (including phenoxy) is 1. The summed E-state index contributed by atoms with van der Waals surface area (Å²) in [5, 5.41) is 2.29. The molecule has 77 heavy (non-hydrogen) atoms. The zero-order valence-corrected chi connectivity index (χ0v) is 45.6. The number of hydrogen-bond acceptors (Lipinski definition) is 4. The monoisotopic (exact) mass is 1000 g/mol. The van der Waals surface area contributed by atoms with Crippen LogP contribution in [0.1, 0.15) is 79.0 Å². The fraction of sp³-hybridized carbons (Fsp3) is 0.181. The predicted molar refractivity (Wildman–Crippen MR) is 324 cm³/mol. The summed E-state index contributed by atoms with van der Waals surface area (Å²) in [7, 11) is 0. The van der Waals surface area contributed by atoms with Crippen molar-refractivity contribution in [3.8, 4) is 73.1 Å². The first-order valence-electron chi connectivity index (χ1n) is 27.1. The van der Waals surface area contributed by atoms with E-state index in [2.05, 4.69) is 289 Å². The van der Waals surface area contributed by atoms with Crippen LogP contribution in [-0.2, 0) is 16.2 Å². The third-order valence-electron chi connectivity index (χ3n) is 15.8. The van der Waals surface area contributed by atoms with Gasteiger partial charge in [0.2, 0.25) is 0 Å². The van der Waals surface area contributed by atoms with Crippen molar-refractivity contribution in [3.05, 3.63) is 229 Å². The van der Waals surface area contributed by atoms with Gasteiger partial charge in [-0.05, 0) is 133 Å². The highest BCUT2D eigenvalue weighted by molar-refractivity contribution is 6.11. The van der Waals surface area contributed by atoms with Gasteiger partial charge in [0, 0.05) is 45.3 Å². The molecule has 0 fully saturated rings. The highest BCUT2D eigenvalue weighted by Crippen LogP contribution is 2.52. The molecule has 0 spiro atoms. The lowest BCUT2D eigenvalue weighted by Crippen LogP contribution is -2.25. The van der Waals surface area contributed by atoms with E-state index in [1.165, 1.54) is 38.9 Å². The molecule has 0 saturated heterocycles. The van der Waals surface area contributed by atoms with Crippen LogP contribution in [0.3, 0.4) is 0 Å². The second-order valence-corrected chi connectivity index (χ2v) is 24.2. The minimum Gasteiger partial charge on any atom is -0.457 e. The third-order valence-corrected chi connectivity index (χ3v) is 15.8. The molecule has 0 unspecified atom stereocenters. The summed E-state index contributed by atoms with van der Waals surface area (Å²) in [6.07, 6.45) is 0. The molecule has 378 valence electrons. The zero-order valence-electron chi connectivity index (χ0n) is 45.6. The first-order valence-corrected chi connectivity index (χ1v) is 27.1. The maximum atomic E-state index is 7.20.